The summed E-state index contributed by atoms with van der Waals surface area (Å²) < 4.78 is 14.9. The standard InChI is InChI=1S/C17H15FN2OS/c1-19(12-13-4-6-14(18)7-5-13)17(21)16-15(8-11-22-16)20-9-2-3-10-20/h2-11H,12H2,1H3. The summed E-state index contributed by atoms with van der Waals surface area (Å²) in [5.41, 5.74) is 1.78. The van der Waals surface area contributed by atoms with Gasteiger partial charge in [0.2, 0.25) is 0 Å². The lowest BCUT2D eigenvalue weighted by Gasteiger charge is -2.17. The second-order valence-electron chi connectivity index (χ2n) is 5.01. The van der Waals surface area contributed by atoms with Crippen molar-refractivity contribution in [3.63, 3.8) is 0 Å². The minimum Gasteiger partial charge on any atom is -0.337 e. The monoisotopic (exact) mass is 314 g/mol. The van der Waals surface area contributed by atoms with Gasteiger partial charge in [0.1, 0.15) is 10.7 Å². The van der Waals surface area contributed by atoms with E-state index in [2.05, 4.69) is 0 Å². The quantitative estimate of drug-likeness (QED) is 0.716. The molecule has 22 heavy (non-hydrogen) atoms. The van der Waals surface area contributed by atoms with Crippen LogP contribution < -0.4 is 0 Å². The first-order valence-electron chi connectivity index (χ1n) is 6.86. The van der Waals surface area contributed by atoms with Crippen LogP contribution in [0.1, 0.15) is 15.2 Å². The highest BCUT2D eigenvalue weighted by molar-refractivity contribution is 7.12. The van der Waals surface area contributed by atoms with Crippen molar-refractivity contribution in [3.05, 3.63) is 76.5 Å². The van der Waals surface area contributed by atoms with Crippen molar-refractivity contribution >= 4 is 17.2 Å². The van der Waals surface area contributed by atoms with Gasteiger partial charge in [0.15, 0.2) is 0 Å². The van der Waals surface area contributed by atoms with Gasteiger partial charge in [0.25, 0.3) is 5.91 Å². The van der Waals surface area contributed by atoms with Crippen molar-refractivity contribution < 1.29 is 9.18 Å². The molecule has 0 radical (unpaired) electrons. The Morgan fingerprint density at radius 3 is 2.55 bits per heavy atom. The largest absolute Gasteiger partial charge is 0.337 e. The molecule has 1 aromatic carbocycles. The van der Waals surface area contributed by atoms with Gasteiger partial charge in [-0.05, 0) is 41.3 Å². The third-order valence-corrected chi connectivity index (χ3v) is 4.29. The van der Waals surface area contributed by atoms with Crippen LogP contribution in [0.2, 0.25) is 0 Å². The molecule has 3 rings (SSSR count). The molecular weight excluding hydrogens is 299 g/mol. The van der Waals surface area contributed by atoms with Crippen molar-refractivity contribution in [3.8, 4) is 5.69 Å². The molecule has 0 aliphatic heterocycles. The maximum Gasteiger partial charge on any atom is 0.266 e. The summed E-state index contributed by atoms with van der Waals surface area (Å²) in [5.74, 6) is -0.311. The van der Waals surface area contributed by atoms with E-state index in [1.54, 1.807) is 24.1 Å². The minimum absolute atomic E-state index is 0.0389. The number of hydrogen-bond donors (Lipinski definition) is 0. The van der Waals surface area contributed by atoms with Crippen LogP contribution in [0.4, 0.5) is 4.39 Å². The smallest absolute Gasteiger partial charge is 0.266 e. The number of rotatable bonds is 4. The fraction of sp³-hybridized carbons (Fsp3) is 0.118. The van der Waals surface area contributed by atoms with Crippen LogP contribution in [0.25, 0.3) is 5.69 Å². The molecule has 0 unspecified atom stereocenters. The third-order valence-electron chi connectivity index (χ3n) is 3.40. The second kappa shape index (κ2) is 6.15. The normalized spacial score (nSPS) is 10.6. The molecule has 0 spiro atoms. The number of amides is 1. The summed E-state index contributed by atoms with van der Waals surface area (Å²) in [4.78, 5) is 15.0. The van der Waals surface area contributed by atoms with E-state index in [-0.39, 0.29) is 11.7 Å². The Hall–Kier alpha value is -2.40. The van der Waals surface area contributed by atoms with Gasteiger partial charge in [-0.2, -0.15) is 0 Å². The summed E-state index contributed by atoms with van der Waals surface area (Å²) in [6, 6.07) is 12.0. The van der Waals surface area contributed by atoms with E-state index in [1.807, 2.05) is 40.5 Å². The number of halogens is 1. The Morgan fingerprint density at radius 2 is 1.86 bits per heavy atom. The Kier molecular flexibility index (Phi) is 4.06. The van der Waals surface area contributed by atoms with Gasteiger partial charge in [-0.15, -0.1) is 11.3 Å². The molecule has 2 aromatic heterocycles. The maximum atomic E-state index is 12.9. The molecule has 0 bridgehead atoms. The number of carbonyl (C=O) groups is 1. The van der Waals surface area contributed by atoms with E-state index in [0.717, 1.165) is 11.3 Å². The highest BCUT2D eigenvalue weighted by Crippen LogP contribution is 2.23. The fourth-order valence-corrected chi connectivity index (χ4v) is 3.15. The predicted molar refractivity (Wildman–Crippen MR) is 85.8 cm³/mol. The summed E-state index contributed by atoms with van der Waals surface area (Å²) in [6.07, 6.45) is 3.83. The molecule has 0 saturated heterocycles. The molecule has 112 valence electrons. The van der Waals surface area contributed by atoms with Crippen molar-refractivity contribution in [1.29, 1.82) is 0 Å². The van der Waals surface area contributed by atoms with Crippen molar-refractivity contribution in [2.75, 3.05) is 7.05 Å². The number of carbonyl (C=O) groups excluding carboxylic acids is 1. The Bertz CT molecular complexity index is 762. The van der Waals surface area contributed by atoms with Gasteiger partial charge in [-0.3, -0.25) is 4.79 Å². The van der Waals surface area contributed by atoms with Crippen LogP contribution in [-0.2, 0) is 6.54 Å². The van der Waals surface area contributed by atoms with Gasteiger partial charge in [0, 0.05) is 26.0 Å². The van der Waals surface area contributed by atoms with Crippen molar-refractivity contribution in [1.82, 2.24) is 9.47 Å². The minimum atomic E-state index is -0.272. The molecule has 0 saturated carbocycles. The molecule has 0 aliphatic rings. The summed E-state index contributed by atoms with van der Waals surface area (Å²) in [7, 11) is 1.75. The number of nitrogens with zero attached hydrogens (tertiary/aromatic N) is 2. The first-order valence-corrected chi connectivity index (χ1v) is 7.74. The van der Waals surface area contributed by atoms with Crippen molar-refractivity contribution in [2.45, 2.75) is 6.54 Å². The van der Waals surface area contributed by atoms with E-state index >= 15 is 0 Å². The van der Waals surface area contributed by atoms with Gasteiger partial charge in [-0.25, -0.2) is 4.39 Å². The Morgan fingerprint density at radius 1 is 1.18 bits per heavy atom. The number of benzene rings is 1. The van der Waals surface area contributed by atoms with Crippen LogP contribution in [0.5, 0.6) is 0 Å². The van der Waals surface area contributed by atoms with E-state index < -0.39 is 0 Å². The molecule has 0 N–H and O–H groups in total. The Labute approximate surface area is 132 Å². The summed E-state index contributed by atoms with van der Waals surface area (Å²) in [5, 5.41) is 1.91. The van der Waals surface area contributed by atoms with Gasteiger partial charge in [0.05, 0.1) is 5.69 Å². The highest BCUT2D eigenvalue weighted by atomic mass is 32.1. The fourth-order valence-electron chi connectivity index (χ4n) is 2.27. The molecule has 2 heterocycles. The lowest BCUT2D eigenvalue weighted by molar-refractivity contribution is 0.0790. The van der Waals surface area contributed by atoms with E-state index in [4.69, 9.17) is 0 Å². The lowest BCUT2D eigenvalue weighted by atomic mass is 10.2. The number of thiophene rings is 1. The Balaban J connectivity index is 1.79. The second-order valence-corrected chi connectivity index (χ2v) is 5.93. The van der Waals surface area contributed by atoms with E-state index in [9.17, 15) is 9.18 Å². The average Bonchev–Trinajstić information content (AvgIpc) is 3.19. The van der Waals surface area contributed by atoms with Crippen LogP contribution in [0.15, 0.2) is 60.2 Å². The van der Waals surface area contributed by atoms with Gasteiger partial charge in [-0.1, -0.05) is 12.1 Å². The molecule has 0 fully saturated rings. The predicted octanol–water partition coefficient (Wildman–Crippen LogP) is 3.95. The van der Waals surface area contributed by atoms with E-state index in [0.29, 0.717) is 11.4 Å². The van der Waals surface area contributed by atoms with Gasteiger partial charge >= 0.3 is 0 Å². The van der Waals surface area contributed by atoms with Crippen LogP contribution in [0.3, 0.4) is 0 Å². The molecule has 3 aromatic rings. The first-order chi connectivity index (χ1) is 10.6. The van der Waals surface area contributed by atoms with Gasteiger partial charge < -0.3 is 9.47 Å². The number of hydrogen-bond acceptors (Lipinski definition) is 2. The summed E-state index contributed by atoms with van der Waals surface area (Å²) >= 11 is 1.43. The lowest BCUT2D eigenvalue weighted by Crippen LogP contribution is -2.26. The molecule has 1 amide bonds. The molecular formula is C17H15FN2OS. The molecule has 3 nitrogen and oxygen atoms in total. The zero-order chi connectivity index (χ0) is 15.5. The molecule has 0 atom stereocenters. The summed E-state index contributed by atoms with van der Waals surface area (Å²) in [6.45, 7) is 0.447. The molecule has 5 heteroatoms. The van der Waals surface area contributed by atoms with Crippen LogP contribution in [0, 0.1) is 5.82 Å². The highest BCUT2D eigenvalue weighted by Gasteiger charge is 2.18. The maximum absolute atomic E-state index is 12.9. The van der Waals surface area contributed by atoms with Crippen LogP contribution in [-0.4, -0.2) is 22.4 Å². The number of aromatic nitrogens is 1. The van der Waals surface area contributed by atoms with E-state index in [1.165, 1.54) is 23.5 Å². The first kappa shape index (κ1) is 14.5. The zero-order valence-corrected chi connectivity index (χ0v) is 12.9. The van der Waals surface area contributed by atoms with Crippen LogP contribution >= 0.6 is 11.3 Å². The average molecular weight is 314 g/mol. The SMILES string of the molecule is CN(Cc1ccc(F)cc1)C(=O)c1sccc1-n1cccc1. The zero-order valence-electron chi connectivity index (χ0n) is 12.1. The topological polar surface area (TPSA) is 25.2 Å². The third kappa shape index (κ3) is 2.94. The molecule has 0 aliphatic carbocycles. The van der Waals surface area contributed by atoms with Crippen molar-refractivity contribution in [2.24, 2.45) is 0 Å².